The molecule has 100 valence electrons. The number of nitrogens with zero attached hydrogens (tertiary/aromatic N) is 1. The highest BCUT2D eigenvalue weighted by atomic mass is 16.5. The average molecular weight is 261 g/mol. The molecule has 1 heterocycles. The van der Waals surface area contributed by atoms with Crippen LogP contribution in [0.4, 0.5) is 0 Å². The van der Waals surface area contributed by atoms with Gasteiger partial charge in [-0.2, -0.15) is 0 Å². The van der Waals surface area contributed by atoms with E-state index in [1.807, 2.05) is 0 Å². The van der Waals surface area contributed by atoms with E-state index in [9.17, 15) is 9.59 Å². The summed E-state index contributed by atoms with van der Waals surface area (Å²) in [6, 6.07) is 6.95. The van der Waals surface area contributed by atoms with Crippen LogP contribution in [0, 0.1) is 0 Å². The van der Waals surface area contributed by atoms with E-state index in [1.165, 1.54) is 6.08 Å². The van der Waals surface area contributed by atoms with E-state index < -0.39 is 12.1 Å². The molecule has 5 heteroatoms. The molecule has 1 fully saturated rings. The summed E-state index contributed by atoms with van der Waals surface area (Å²) in [5, 5.41) is 8.52. The van der Waals surface area contributed by atoms with Crippen LogP contribution in [0.3, 0.4) is 0 Å². The molecule has 1 unspecified atom stereocenters. The zero-order valence-electron chi connectivity index (χ0n) is 10.6. The fourth-order valence-corrected chi connectivity index (χ4v) is 1.89. The van der Waals surface area contributed by atoms with Gasteiger partial charge in [0.25, 0.3) is 5.91 Å². The van der Waals surface area contributed by atoms with Crippen LogP contribution in [-0.4, -0.2) is 41.6 Å². The molecule has 0 spiro atoms. The summed E-state index contributed by atoms with van der Waals surface area (Å²) < 4.78 is 5.61. The van der Waals surface area contributed by atoms with Crippen molar-refractivity contribution >= 4 is 18.0 Å². The molecule has 1 aliphatic heterocycles. The number of rotatable bonds is 4. The summed E-state index contributed by atoms with van der Waals surface area (Å²) in [6.07, 6.45) is 2.85. The number of amides is 1. The van der Waals surface area contributed by atoms with Gasteiger partial charge < -0.3 is 14.7 Å². The van der Waals surface area contributed by atoms with Gasteiger partial charge in [0.2, 0.25) is 0 Å². The van der Waals surface area contributed by atoms with E-state index in [2.05, 4.69) is 0 Å². The molecule has 0 radical (unpaired) electrons. The summed E-state index contributed by atoms with van der Waals surface area (Å²) in [5.74, 6) is -0.379. The Morgan fingerprint density at radius 2 is 2.11 bits per heavy atom. The fraction of sp³-hybridized carbons (Fsp3) is 0.286. The molecule has 0 saturated carbocycles. The Bertz CT molecular complexity index is 507. The Balaban J connectivity index is 1.99. The molecule has 0 bridgehead atoms. The van der Waals surface area contributed by atoms with Gasteiger partial charge in [-0.25, -0.2) is 4.79 Å². The zero-order valence-corrected chi connectivity index (χ0v) is 10.6. The molecule has 1 aliphatic rings. The molecular formula is C14H15NO4. The first-order chi connectivity index (χ1) is 9.06. The van der Waals surface area contributed by atoms with Crippen LogP contribution in [0.25, 0.3) is 6.08 Å². The van der Waals surface area contributed by atoms with Gasteiger partial charge in [0, 0.05) is 26.1 Å². The number of likely N-dealkylation sites (tertiary alicyclic amines) is 1. The van der Waals surface area contributed by atoms with Gasteiger partial charge >= 0.3 is 5.97 Å². The normalized spacial score (nSPS) is 19.1. The molecule has 5 nitrogen and oxygen atoms in total. The van der Waals surface area contributed by atoms with Gasteiger partial charge in [-0.05, 0) is 23.8 Å². The third-order valence-corrected chi connectivity index (χ3v) is 2.96. The number of likely N-dealkylation sites (N-methyl/N-ethyl adjacent to an activating group) is 1. The third kappa shape index (κ3) is 3.34. The monoisotopic (exact) mass is 261 g/mol. The van der Waals surface area contributed by atoms with E-state index in [1.54, 1.807) is 36.2 Å². The number of ether oxygens (including phenoxy) is 1. The molecule has 1 aromatic carbocycles. The van der Waals surface area contributed by atoms with Gasteiger partial charge in [0.05, 0.1) is 0 Å². The molecule has 1 atom stereocenters. The lowest BCUT2D eigenvalue weighted by Crippen LogP contribution is -2.29. The fourth-order valence-electron chi connectivity index (χ4n) is 1.89. The van der Waals surface area contributed by atoms with Crippen LogP contribution in [0.1, 0.15) is 12.0 Å². The zero-order chi connectivity index (χ0) is 13.8. The van der Waals surface area contributed by atoms with Crippen LogP contribution in [0.5, 0.6) is 5.75 Å². The summed E-state index contributed by atoms with van der Waals surface area (Å²) >= 11 is 0. The highest BCUT2D eigenvalue weighted by Crippen LogP contribution is 2.19. The molecule has 0 aromatic heterocycles. The van der Waals surface area contributed by atoms with E-state index >= 15 is 0 Å². The Morgan fingerprint density at radius 3 is 2.63 bits per heavy atom. The molecule has 2 rings (SSSR count). The minimum atomic E-state index is -0.986. The molecule has 19 heavy (non-hydrogen) atoms. The Kier molecular flexibility index (Phi) is 3.85. The van der Waals surface area contributed by atoms with Crippen molar-refractivity contribution < 1.29 is 19.4 Å². The number of hydrogen-bond acceptors (Lipinski definition) is 3. The maximum absolute atomic E-state index is 11.7. The molecular weight excluding hydrogens is 246 g/mol. The van der Waals surface area contributed by atoms with Crippen molar-refractivity contribution in [2.45, 2.75) is 12.5 Å². The lowest BCUT2D eigenvalue weighted by atomic mass is 10.2. The molecule has 0 aliphatic carbocycles. The van der Waals surface area contributed by atoms with Crippen LogP contribution in [0.15, 0.2) is 30.3 Å². The van der Waals surface area contributed by atoms with Crippen LogP contribution in [0.2, 0.25) is 0 Å². The van der Waals surface area contributed by atoms with Crippen molar-refractivity contribution in [3.8, 4) is 5.75 Å². The number of benzene rings is 1. The lowest BCUT2D eigenvalue weighted by Gasteiger charge is -2.12. The number of hydrogen-bond donors (Lipinski definition) is 1. The van der Waals surface area contributed by atoms with E-state index in [-0.39, 0.29) is 5.91 Å². The molecule has 1 saturated heterocycles. The number of carboxylic acids is 1. The minimum absolute atomic E-state index is 0.00477. The molecule has 1 aromatic rings. The van der Waals surface area contributed by atoms with E-state index in [0.29, 0.717) is 18.7 Å². The Hall–Kier alpha value is -2.30. The quantitative estimate of drug-likeness (QED) is 0.832. The van der Waals surface area contributed by atoms with E-state index in [4.69, 9.17) is 9.84 Å². The van der Waals surface area contributed by atoms with Crippen molar-refractivity contribution in [3.05, 3.63) is 35.9 Å². The first kappa shape index (κ1) is 13.1. The number of carboxylic acid groups (broad SMARTS) is 1. The highest BCUT2D eigenvalue weighted by Gasteiger charge is 2.30. The first-order valence-electron chi connectivity index (χ1n) is 5.99. The predicted molar refractivity (Wildman–Crippen MR) is 69.8 cm³/mol. The van der Waals surface area contributed by atoms with Crippen molar-refractivity contribution in [1.29, 1.82) is 0 Å². The van der Waals surface area contributed by atoms with Gasteiger partial charge in [-0.15, -0.1) is 0 Å². The second-order valence-electron chi connectivity index (χ2n) is 4.40. The largest absolute Gasteiger partial charge is 0.481 e. The summed E-state index contributed by atoms with van der Waals surface area (Å²) in [4.78, 5) is 23.7. The second-order valence-corrected chi connectivity index (χ2v) is 4.40. The summed E-state index contributed by atoms with van der Waals surface area (Å²) in [6.45, 7) is 0.711. The summed E-state index contributed by atoms with van der Waals surface area (Å²) in [7, 11) is 1.76. The maximum Gasteiger partial charge on any atom is 0.328 e. The summed E-state index contributed by atoms with van der Waals surface area (Å²) in [5.41, 5.74) is 0.768. The van der Waals surface area contributed by atoms with Crippen LogP contribution >= 0.6 is 0 Å². The number of carbonyl (C=O) groups is 2. The van der Waals surface area contributed by atoms with Crippen molar-refractivity contribution in [3.63, 3.8) is 0 Å². The Morgan fingerprint density at radius 1 is 1.42 bits per heavy atom. The van der Waals surface area contributed by atoms with Crippen molar-refractivity contribution in [1.82, 2.24) is 4.90 Å². The Labute approximate surface area is 111 Å². The van der Waals surface area contributed by atoms with Gasteiger partial charge in [-0.1, -0.05) is 12.1 Å². The maximum atomic E-state index is 11.7. The number of carbonyl (C=O) groups excluding carboxylic acids is 1. The number of aliphatic carboxylic acids is 1. The SMILES string of the molecule is CN1CCC(Oc2ccc(C=CC(=O)O)cc2)C1=O. The lowest BCUT2D eigenvalue weighted by molar-refractivity contribution is -0.132. The van der Waals surface area contributed by atoms with Crippen LogP contribution < -0.4 is 4.74 Å². The predicted octanol–water partition coefficient (Wildman–Crippen LogP) is 1.39. The second kappa shape index (κ2) is 5.56. The smallest absolute Gasteiger partial charge is 0.328 e. The van der Waals surface area contributed by atoms with Gasteiger partial charge in [0.15, 0.2) is 6.10 Å². The third-order valence-electron chi connectivity index (χ3n) is 2.96. The highest BCUT2D eigenvalue weighted by molar-refractivity contribution is 5.85. The van der Waals surface area contributed by atoms with Crippen LogP contribution in [-0.2, 0) is 9.59 Å². The molecule has 1 N–H and O–H groups in total. The molecule has 1 amide bonds. The van der Waals surface area contributed by atoms with E-state index in [0.717, 1.165) is 11.6 Å². The minimum Gasteiger partial charge on any atom is -0.481 e. The first-order valence-corrected chi connectivity index (χ1v) is 5.99. The van der Waals surface area contributed by atoms with Gasteiger partial charge in [-0.3, -0.25) is 4.79 Å². The van der Waals surface area contributed by atoms with Crippen molar-refractivity contribution in [2.24, 2.45) is 0 Å². The average Bonchev–Trinajstić information content (AvgIpc) is 2.70. The standard InChI is InChI=1S/C14H15NO4/c1-15-9-8-12(14(15)18)19-11-5-2-10(3-6-11)4-7-13(16)17/h2-7,12H,8-9H2,1H3,(H,16,17). The van der Waals surface area contributed by atoms with Gasteiger partial charge in [0.1, 0.15) is 5.75 Å². The topological polar surface area (TPSA) is 66.8 Å². The van der Waals surface area contributed by atoms with Crippen molar-refractivity contribution in [2.75, 3.05) is 13.6 Å².